The highest BCUT2D eigenvalue weighted by molar-refractivity contribution is 6.30. The van der Waals surface area contributed by atoms with Crippen LogP contribution in [0.1, 0.15) is 11.1 Å². The molecular weight excluding hydrogens is 298 g/mol. The van der Waals surface area contributed by atoms with E-state index in [1.165, 1.54) is 5.56 Å². The average molecular weight is 312 g/mol. The molecule has 5 nitrogen and oxygen atoms in total. The van der Waals surface area contributed by atoms with Crippen molar-refractivity contribution < 1.29 is 0 Å². The summed E-state index contributed by atoms with van der Waals surface area (Å²) in [6, 6.07) is 15.5. The summed E-state index contributed by atoms with van der Waals surface area (Å²) < 4.78 is 2.15. The first-order chi connectivity index (χ1) is 10.7. The lowest BCUT2D eigenvalue weighted by Gasteiger charge is -2.06. The van der Waals surface area contributed by atoms with Crippen molar-refractivity contribution >= 4 is 28.3 Å². The molecule has 0 spiro atoms. The highest BCUT2D eigenvalue weighted by Gasteiger charge is 2.06. The largest absolute Gasteiger partial charge is 0.343 e. The van der Waals surface area contributed by atoms with Gasteiger partial charge in [-0.3, -0.25) is 5.41 Å². The fourth-order valence-electron chi connectivity index (χ4n) is 2.39. The van der Waals surface area contributed by atoms with Gasteiger partial charge in [-0.15, -0.1) is 5.11 Å². The van der Waals surface area contributed by atoms with Crippen LogP contribution in [0.4, 0.5) is 0 Å². The van der Waals surface area contributed by atoms with E-state index in [2.05, 4.69) is 14.9 Å². The second-order valence-electron chi connectivity index (χ2n) is 4.91. The van der Waals surface area contributed by atoms with Crippen molar-refractivity contribution in [1.82, 2.24) is 4.57 Å². The molecule has 0 aliphatic rings. The SMILES string of the molecule is N=C(N=NN)c1ccc2c(ccn2Cc2ccc(Cl)cc2)c1. The molecule has 22 heavy (non-hydrogen) atoms. The van der Waals surface area contributed by atoms with Gasteiger partial charge in [0.25, 0.3) is 0 Å². The van der Waals surface area contributed by atoms with Gasteiger partial charge in [0.2, 0.25) is 0 Å². The molecule has 110 valence electrons. The Morgan fingerprint density at radius 3 is 2.64 bits per heavy atom. The van der Waals surface area contributed by atoms with Gasteiger partial charge in [-0.1, -0.05) is 29.0 Å². The van der Waals surface area contributed by atoms with Gasteiger partial charge in [-0.2, -0.15) is 0 Å². The first-order valence-electron chi connectivity index (χ1n) is 6.70. The van der Waals surface area contributed by atoms with Gasteiger partial charge >= 0.3 is 0 Å². The molecule has 0 bridgehead atoms. The van der Waals surface area contributed by atoms with Crippen molar-refractivity contribution in [2.24, 2.45) is 16.2 Å². The molecule has 1 aromatic heterocycles. The van der Waals surface area contributed by atoms with Crippen LogP contribution in [0.3, 0.4) is 0 Å². The summed E-state index contributed by atoms with van der Waals surface area (Å²) in [4.78, 5) is 0. The van der Waals surface area contributed by atoms with Crippen LogP contribution in [0.25, 0.3) is 10.9 Å². The molecule has 0 unspecified atom stereocenters. The van der Waals surface area contributed by atoms with Crippen molar-refractivity contribution in [3.63, 3.8) is 0 Å². The van der Waals surface area contributed by atoms with Gasteiger partial charge in [0.1, 0.15) is 0 Å². The number of amidine groups is 1. The van der Waals surface area contributed by atoms with E-state index in [0.29, 0.717) is 5.56 Å². The molecule has 3 aromatic rings. The first kappa shape index (κ1) is 14.3. The van der Waals surface area contributed by atoms with Gasteiger partial charge in [-0.25, -0.2) is 0 Å². The quantitative estimate of drug-likeness (QED) is 0.248. The summed E-state index contributed by atoms with van der Waals surface area (Å²) in [5.41, 5.74) is 2.96. The summed E-state index contributed by atoms with van der Waals surface area (Å²) in [5, 5.41) is 16.2. The number of hydrogen-bond donors (Lipinski definition) is 2. The van der Waals surface area contributed by atoms with Gasteiger partial charge < -0.3 is 10.4 Å². The van der Waals surface area contributed by atoms with Gasteiger partial charge in [0, 0.05) is 34.2 Å². The van der Waals surface area contributed by atoms with E-state index < -0.39 is 0 Å². The molecule has 0 atom stereocenters. The van der Waals surface area contributed by atoms with Crippen molar-refractivity contribution in [2.45, 2.75) is 6.54 Å². The normalized spacial score (nSPS) is 11.3. The van der Waals surface area contributed by atoms with Crippen LogP contribution in [-0.4, -0.2) is 10.4 Å². The molecule has 0 aliphatic heterocycles. The fraction of sp³-hybridized carbons (Fsp3) is 0.0625. The zero-order valence-corrected chi connectivity index (χ0v) is 12.5. The lowest BCUT2D eigenvalue weighted by molar-refractivity contribution is 0.837. The van der Waals surface area contributed by atoms with Crippen molar-refractivity contribution in [1.29, 1.82) is 5.41 Å². The zero-order valence-electron chi connectivity index (χ0n) is 11.7. The van der Waals surface area contributed by atoms with Crippen LogP contribution in [0, 0.1) is 5.41 Å². The Bertz CT molecular complexity index is 849. The summed E-state index contributed by atoms with van der Waals surface area (Å²) in [5.74, 6) is 5.03. The monoisotopic (exact) mass is 311 g/mol. The third kappa shape index (κ3) is 2.84. The molecule has 0 saturated heterocycles. The lowest BCUT2D eigenvalue weighted by atomic mass is 10.1. The Labute approximate surface area is 132 Å². The van der Waals surface area contributed by atoms with Crippen molar-refractivity contribution in [3.8, 4) is 0 Å². The number of nitrogens with zero attached hydrogens (tertiary/aromatic N) is 3. The maximum Gasteiger partial charge on any atom is 0.176 e. The Morgan fingerprint density at radius 1 is 1.14 bits per heavy atom. The third-order valence-corrected chi connectivity index (χ3v) is 3.72. The van der Waals surface area contributed by atoms with Crippen LogP contribution in [-0.2, 0) is 6.54 Å². The van der Waals surface area contributed by atoms with E-state index in [-0.39, 0.29) is 5.84 Å². The molecular formula is C16H14ClN5. The standard InChI is InChI=1S/C16H14ClN5/c17-14-4-1-11(2-5-14)10-22-8-7-12-9-13(3-6-15(12)22)16(18)20-21-19/h1-9H,10H2,(H3,18,19,20). The number of nitrogens with two attached hydrogens (primary N) is 1. The minimum atomic E-state index is 0.0508. The number of fused-ring (bicyclic) bond motifs is 1. The van der Waals surface area contributed by atoms with Crippen LogP contribution >= 0.6 is 11.6 Å². The minimum absolute atomic E-state index is 0.0508. The topological polar surface area (TPSA) is 79.5 Å². The van der Waals surface area contributed by atoms with Crippen LogP contribution in [0.5, 0.6) is 0 Å². The third-order valence-electron chi connectivity index (χ3n) is 3.47. The molecule has 6 heteroatoms. The van der Waals surface area contributed by atoms with E-state index in [4.69, 9.17) is 22.9 Å². The summed E-state index contributed by atoms with van der Waals surface area (Å²) in [6.45, 7) is 0.764. The molecule has 0 aliphatic carbocycles. The lowest BCUT2D eigenvalue weighted by Crippen LogP contribution is -1.99. The molecule has 0 saturated carbocycles. The highest BCUT2D eigenvalue weighted by atomic mass is 35.5. The van der Waals surface area contributed by atoms with Crippen LogP contribution in [0.2, 0.25) is 5.02 Å². The molecule has 0 fully saturated rings. The number of hydrogen-bond acceptors (Lipinski definition) is 2. The Morgan fingerprint density at radius 2 is 1.91 bits per heavy atom. The number of benzene rings is 2. The van der Waals surface area contributed by atoms with Gasteiger partial charge in [0.15, 0.2) is 5.84 Å². The molecule has 3 rings (SSSR count). The Kier molecular flexibility index (Phi) is 3.89. The molecule has 2 aromatic carbocycles. The van der Waals surface area contributed by atoms with Gasteiger partial charge in [0.05, 0.1) is 0 Å². The van der Waals surface area contributed by atoms with E-state index in [1.807, 2.05) is 54.7 Å². The summed E-state index contributed by atoms with van der Waals surface area (Å²) in [7, 11) is 0. The highest BCUT2D eigenvalue weighted by Crippen LogP contribution is 2.20. The molecule has 3 N–H and O–H groups in total. The van der Waals surface area contributed by atoms with Crippen molar-refractivity contribution in [3.05, 3.63) is 70.9 Å². The number of aromatic nitrogens is 1. The van der Waals surface area contributed by atoms with Gasteiger partial charge in [-0.05, 0) is 42.0 Å². The maximum absolute atomic E-state index is 7.75. The Balaban J connectivity index is 1.92. The molecule has 0 amide bonds. The molecule has 0 radical (unpaired) electrons. The summed E-state index contributed by atoms with van der Waals surface area (Å²) >= 11 is 5.91. The van der Waals surface area contributed by atoms with Crippen molar-refractivity contribution in [2.75, 3.05) is 0 Å². The van der Waals surface area contributed by atoms with E-state index in [1.54, 1.807) is 0 Å². The number of nitrogens with one attached hydrogen (secondary N) is 1. The second-order valence-corrected chi connectivity index (χ2v) is 5.34. The summed E-state index contributed by atoms with van der Waals surface area (Å²) in [6.07, 6.45) is 2.02. The molecule has 1 heterocycles. The fourth-order valence-corrected chi connectivity index (χ4v) is 2.51. The predicted octanol–water partition coefficient (Wildman–Crippen LogP) is 3.99. The first-order valence-corrected chi connectivity index (χ1v) is 7.08. The minimum Gasteiger partial charge on any atom is -0.343 e. The number of rotatable bonds is 3. The predicted molar refractivity (Wildman–Crippen MR) is 88.4 cm³/mol. The Hall–Kier alpha value is -2.66. The maximum atomic E-state index is 7.75. The van der Waals surface area contributed by atoms with Crippen LogP contribution < -0.4 is 5.84 Å². The number of halogens is 1. The van der Waals surface area contributed by atoms with E-state index in [0.717, 1.165) is 22.5 Å². The zero-order chi connectivity index (χ0) is 15.5. The second kappa shape index (κ2) is 5.99. The van der Waals surface area contributed by atoms with E-state index in [9.17, 15) is 0 Å². The smallest absolute Gasteiger partial charge is 0.176 e. The average Bonchev–Trinajstić information content (AvgIpc) is 2.92. The van der Waals surface area contributed by atoms with Crippen LogP contribution in [0.15, 0.2) is 65.1 Å². The van der Waals surface area contributed by atoms with E-state index >= 15 is 0 Å².